The highest BCUT2D eigenvalue weighted by Crippen LogP contribution is 2.23. The number of carbonyl (C=O) groups is 2. The Kier molecular flexibility index (Phi) is 6.97. The van der Waals surface area contributed by atoms with E-state index < -0.39 is 17.7 Å². The molecule has 1 amide bonds. The van der Waals surface area contributed by atoms with Crippen LogP contribution in [0.3, 0.4) is 0 Å². The minimum Gasteiger partial charge on any atom is -0.475 e. The van der Waals surface area contributed by atoms with E-state index in [-0.39, 0.29) is 12.3 Å². The predicted octanol–water partition coefficient (Wildman–Crippen LogP) is 2.49. The van der Waals surface area contributed by atoms with Gasteiger partial charge in [0, 0.05) is 18.9 Å². The van der Waals surface area contributed by atoms with Crippen molar-refractivity contribution in [3.05, 3.63) is 41.6 Å². The molecule has 3 heterocycles. The molecule has 0 unspecified atom stereocenters. The van der Waals surface area contributed by atoms with Gasteiger partial charge in [0.05, 0.1) is 23.2 Å². The molecule has 30 heavy (non-hydrogen) atoms. The number of aliphatic carboxylic acids is 1. The van der Waals surface area contributed by atoms with Crippen molar-refractivity contribution in [2.75, 3.05) is 0 Å². The van der Waals surface area contributed by atoms with Crippen LogP contribution in [0.4, 0.5) is 13.2 Å². The Labute approximate surface area is 173 Å². The monoisotopic (exact) mass is 444 g/mol. The molecular weight excluding hydrogens is 425 g/mol. The summed E-state index contributed by atoms with van der Waals surface area (Å²) in [5, 5.41) is 19.2. The molecule has 162 valence electrons. The number of rotatable bonds is 5. The van der Waals surface area contributed by atoms with Crippen LogP contribution < -0.4 is 5.32 Å². The molecular formula is C17H19F3N6O3S. The minimum absolute atomic E-state index is 0.0901. The molecule has 0 aliphatic heterocycles. The quantitative estimate of drug-likeness (QED) is 0.555. The summed E-state index contributed by atoms with van der Waals surface area (Å²) in [5.41, 5.74) is 0.216. The van der Waals surface area contributed by atoms with Crippen LogP contribution >= 0.6 is 11.3 Å². The number of carbonyl (C=O) groups excluding carboxylic acids is 1. The maximum absolute atomic E-state index is 12.3. The normalized spacial score (nSPS) is 11.5. The number of hydrogen-bond donors (Lipinski definition) is 3. The Hall–Kier alpha value is -3.22. The Morgan fingerprint density at radius 3 is 2.50 bits per heavy atom. The highest BCUT2D eigenvalue weighted by molar-refractivity contribution is 7.13. The number of carboxylic acids is 1. The van der Waals surface area contributed by atoms with E-state index in [1.807, 2.05) is 43.0 Å². The largest absolute Gasteiger partial charge is 0.490 e. The summed E-state index contributed by atoms with van der Waals surface area (Å²) in [4.78, 5) is 30.7. The van der Waals surface area contributed by atoms with Gasteiger partial charge in [0.2, 0.25) is 5.91 Å². The number of H-pyrrole nitrogens is 1. The van der Waals surface area contributed by atoms with Gasteiger partial charge in [0.1, 0.15) is 5.82 Å². The van der Waals surface area contributed by atoms with Crippen molar-refractivity contribution in [2.45, 2.75) is 32.0 Å². The summed E-state index contributed by atoms with van der Waals surface area (Å²) in [7, 11) is 1.87. The fourth-order valence-electron chi connectivity index (χ4n) is 2.23. The molecule has 0 bridgehead atoms. The molecule has 3 aromatic heterocycles. The number of hydrogen-bond acceptors (Lipinski definition) is 6. The smallest absolute Gasteiger partial charge is 0.475 e. The standard InChI is InChI=1S/C15H18N6OS.C2HF3O2/c1-15(2,18-12(22)7-10-8-16-9-21(10)3)14-17-13(19-20-14)11-5-4-6-23-11;3-2(4,5)1(6)7/h4-6,8-9H,7H2,1-3H3,(H,18,22)(H,17,19,20);(H,6,7). The van der Waals surface area contributed by atoms with Crippen LogP contribution in [-0.2, 0) is 28.6 Å². The van der Waals surface area contributed by atoms with E-state index in [0.717, 1.165) is 10.6 Å². The molecule has 0 aromatic carbocycles. The van der Waals surface area contributed by atoms with Crippen molar-refractivity contribution >= 4 is 23.2 Å². The molecule has 0 atom stereocenters. The SMILES string of the molecule is Cn1cncc1CC(=O)NC(C)(C)c1nc(-c2cccs2)n[nH]1.O=C(O)C(F)(F)F. The summed E-state index contributed by atoms with van der Waals surface area (Å²) in [5.74, 6) is -1.58. The summed E-state index contributed by atoms with van der Waals surface area (Å²) >= 11 is 1.58. The first-order valence-corrected chi connectivity index (χ1v) is 9.31. The van der Waals surface area contributed by atoms with Crippen LogP contribution in [0, 0.1) is 0 Å². The van der Waals surface area contributed by atoms with Crippen molar-refractivity contribution in [3.63, 3.8) is 0 Å². The molecule has 0 fully saturated rings. The topological polar surface area (TPSA) is 126 Å². The lowest BCUT2D eigenvalue weighted by molar-refractivity contribution is -0.192. The van der Waals surface area contributed by atoms with Gasteiger partial charge in [0.25, 0.3) is 0 Å². The number of imidazole rings is 1. The number of nitrogens with one attached hydrogen (secondary N) is 2. The second-order valence-corrected chi connectivity index (χ2v) is 7.58. The Bertz CT molecular complexity index is 995. The highest BCUT2D eigenvalue weighted by atomic mass is 32.1. The predicted molar refractivity (Wildman–Crippen MR) is 101 cm³/mol. The third-order valence-corrected chi connectivity index (χ3v) is 4.64. The first-order chi connectivity index (χ1) is 13.9. The highest BCUT2D eigenvalue weighted by Gasteiger charge is 2.38. The van der Waals surface area contributed by atoms with Crippen molar-refractivity contribution in [1.82, 2.24) is 30.0 Å². The zero-order chi connectivity index (χ0) is 22.5. The second-order valence-electron chi connectivity index (χ2n) is 6.63. The number of aromatic nitrogens is 5. The van der Waals surface area contributed by atoms with Gasteiger partial charge < -0.3 is 15.0 Å². The molecule has 0 saturated carbocycles. The minimum atomic E-state index is -5.08. The van der Waals surface area contributed by atoms with E-state index in [4.69, 9.17) is 9.90 Å². The van der Waals surface area contributed by atoms with Crippen molar-refractivity contribution in [3.8, 4) is 10.7 Å². The average Bonchev–Trinajstić information content (AvgIpc) is 3.35. The molecule has 3 N–H and O–H groups in total. The maximum Gasteiger partial charge on any atom is 0.490 e. The van der Waals surface area contributed by atoms with Crippen LogP contribution in [0.1, 0.15) is 25.4 Å². The Morgan fingerprint density at radius 1 is 1.33 bits per heavy atom. The zero-order valence-corrected chi connectivity index (χ0v) is 17.0. The summed E-state index contributed by atoms with van der Waals surface area (Å²) in [6.45, 7) is 3.79. The van der Waals surface area contributed by atoms with Gasteiger partial charge in [-0.1, -0.05) is 6.07 Å². The molecule has 0 aliphatic carbocycles. The number of carboxylic acid groups (broad SMARTS) is 1. The summed E-state index contributed by atoms with van der Waals surface area (Å²) in [6, 6.07) is 3.92. The fourth-order valence-corrected chi connectivity index (χ4v) is 2.89. The average molecular weight is 444 g/mol. The maximum atomic E-state index is 12.3. The zero-order valence-electron chi connectivity index (χ0n) is 16.2. The van der Waals surface area contributed by atoms with Crippen LogP contribution in [0.2, 0.25) is 0 Å². The van der Waals surface area contributed by atoms with Gasteiger partial charge >= 0.3 is 12.1 Å². The molecule has 3 aromatic rings. The Balaban J connectivity index is 0.000000396. The van der Waals surface area contributed by atoms with Crippen LogP contribution in [0.15, 0.2) is 30.0 Å². The lowest BCUT2D eigenvalue weighted by Crippen LogP contribution is -2.42. The number of halogens is 3. The van der Waals surface area contributed by atoms with E-state index in [1.54, 1.807) is 23.9 Å². The number of thiophene rings is 1. The lowest BCUT2D eigenvalue weighted by Gasteiger charge is -2.23. The van der Waals surface area contributed by atoms with Gasteiger partial charge in [-0.2, -0.15) is 18.3 Å². The van der Waals surface area contributed by atoms with E-state index in [1.165, 1.54) is 0 Å². The van der Waals surface area contributed by atoms with E-state index in [2.05, 4.69) is 25.5 Å². The first kappa shape index (κ1) is 23.1. The van der Waals surface area contributed by atoms with Crippen molar-refractivity contribution in [2.24, 2.45) is 7.05 Å². The van der Waals surface area contributed by atoms with Crippen molar-refractivity contribution < 1.29 is 27.9 Å². The van der Waals surface area contributed by atoms with Gasteiger partial charge in [-0.3, -0.25) is 9.89 Å². The molecule has 13 heteroatoms. The second kappa shape index (κ2) is 9.07. The molecule has 3 rings (SSSR count). The van der Waals surface area contributed by atoms with Gasteiger partial charge in [0.15, 0.2) is 5.82 Å². The fraction of sp³-hybridized carbons (Fsp3) is 0.353. The molecule has 0 spiro atoms. The number of alkyl halides is 3. The molecule has 0 radical (unpaired) electrons. The number of aromatic amines is 1. The molecule has 9 nitrogen and oxygen atoms in total. The molecule has 0 aliphatic rings. The summed E-state index contributed by atoms with van der Waals surface area (Å²) < 4.78 is 33.6. The van der Waals surface area contributed by atoms with Crippen LogP contribution in [-0.4, -0.2) is 47.9 Å². The van der Waals surface area contributed by atoms with E-state index >= 15 is 0 Å². The lowest BCUT2D eigenvalue weighted by atomic mass is 10.0. The first-order valence-electron chi connectivity index (χ1n) is 8.43. The van der Waals surface area contributed by atoms with Crippen LogP contribution in [0.5, 0.6) is 0 Å². The third kappa shape index (κ3) is 6.14. The summed E-state index contributed by atoms with van der Waals surface area (Å²) in [6.07, 6.45) is -1.45. The number of aryl methyl sites for hydroxylation is 1. The van der Waals surface area contributed by atoms with Crippen LogP contribution in [0.25, 0.3) is 10.7 Å². The van der Waals surface area contributed by atoms with Gasteiger partial charge in [-0.15, -0.1) is 11.3 Å². The van der Waals surface area contributed by atoms with E-state index in [9.17, 15) is 18.0 Å². The molecule has 0 saturated heterocycles. The third-order valence-electron chi connectivity index (χ3n) is 3.77. The van der Waals surface area contributed by atoms with Crippen molar-refractivity contribution in [1.29, 1.82) is 0 Å². The number of amides is 1. The van der Waals surface area contributed by atoms with Gasteiger partial charge in [-0.25, -0.2) is 14.8 Å². The van der Waals surface area contributed by atoms with Gasteiger partial charge in [-0.05, 0) is 25.3 Å². The van der Waals surface area contributed by atoms with E-state index in [0.29, 0.717) is 11.6 Å². The number of nitrogens with zero attached hydrogens (tertiary/aromatic N) is 4. The Morgan fingerprint density at radius 2 is 2.00 bits per heavy atom.